The fourth-order valence-corrected chi connectivity index (χ4v) is 1.85. The van der Waals surface area contributed by atoms with E-state index in [-0.39, 0.29) is 6.42 Å². The molecule has 1 N–H and O–H groups in total. The number of carboxylic acid groups (broad SMARTS) is 1. The first-order chi connectivity index (χ1) is 8.58. The molecule has 0 aliphatic heterocycles. The monoisotopic (exact) mass is 285 g/mol. The third-order valence-corrected chi connectivity index (χ3v) is 3.17. The highest BCUT2D eigenvalue weighted by molar-refractivity contribution is 6.42. The first-order valence-corrected chi connectivity index (χ1v) is 5.94. The van der Waals surface area contributed by atoms with Gasteiger partial charge in [-0.2, -0.15) is 0 Å². The maximum absolute atomic E-state index is 10.6. The van der Waals surface area contributed by atoms with Gasteiger partial charge in [-0.1, -0.05) is 28.4 Å². The van der Waals surface area contributed by atoms with Crippen LogP contribution in [-0.2, 0) is 11.2 Å². The molecule has 2 rings (SSSR count). The Kier molecular flexibility index (Phi) is 3.89. The lowest BCUT2D eigenvalue weighted by atomic mass is 10.1. The Morgan fingerprint density at radius 1 is 1.33 bits per heavy atom. The second kappa shape index (κ2) is 5.42. The molecule has 0 fully saturated rings. The molecule has 1 aromatic carbocycles. The van der Waals surface area contributed by atoms with E-state index in [2.05, 4.69) is 5.16 Å². The number of aryl methyl sites for hydroxylation is 1. The van der Waals surface area contributed by atoms with Gasteiger partial charge in [-0.15, -0.1) is 0 Å². The molecule has 4 nitrogen and oxygen atoms in total. The molecule has 1 heterocycles. The minimum atomic E-state index is -0.865. The Bertz CT molecular complexity index is 580. The van der Waals surface area contributed by atoms with E-state index in [9.17, 15) is 4.79 Å². The summed E-state index contributed by atoms with van der Waals surface area (Å²) in [4.78, 5) is 10.6. The Morgan fingerprint density at radius 2 is 2.11 bits per heavy atom. The molecule has 1 aromatic heterocycles. The zero-order chi connectivity index (χ0) is 13.1. The molecule has 0 aliphatic rings. The maximum Gasteiger partial charge on any atom is 0.303 e. The normalized spacial score (nSPS) is 10.6. The van der Waals surface area contributed by atoms with Gasteiger partial charge in [0, 0.05) is 17.5 Å². The van der Waals surface area contributed by atoms with Crippen LogP contribution < -0.4 is 0 Å². The molecule has 94 valence electrons. The molecule has 0 aliphatic carbocycles. The predicted molar refractivity (Wildman–Crippen MR) is 67.9 cm³/mol. The molecular weight excluding hydrogens is 277 g/mol. The summed E-state index contributed by atoms with van der Waals surface area (Å²) < 4.78 is 5.13. The van der Waals surface area contributed by atoms with E-state index in [0.29, 0.717) is 22.2 Å². The molecule has 0 saturated carbocycles. The van der Waals surface area contributed by atoms with Crippen LogP contribution in [0.2, 0.25) is 10.0 Å². The van der Waals surface area contributed by atoms with E-state index in [0.717, 1.165) is 11.1 Å². The molecule has 0 unspecified atom stereocenters. The lowest BCUT2D eigenvalue weighted by molar-refractivity contribution is -0.136. The summed E-state index contributed by atoms with van der Waals surface area (Å²) in [5.74, 6) is -0.342. The smallest absolute Gasteiger partial charge is 0.303 e. The second-order valence-corrected chi connectivity index (χ2v) is 4.52. The van der Waals surface area contributed by atoms with E-state index in [1.165, 1.54) is 6.20 Å². The average molecular weight is 286 g/mol. The number of halogens is 2. The molecule has 2 aromatic rings. The van der Waals surface area contributed by atoms with Crippen molar-refractivity contribution in [3.63, 3.8) is 0 Å². The number of hydrogen-bond acceptors (Lipinski definition) is 3. The van der Waals surface area contributed by atoms with Crippen molar-refractivity contribution in [2.24, 2.45) is 0 Å². The van der Waals surface area contributed by atoms with Crippen LogP contribution in [0.1, 0.15) is 12.0 Å². The average Bonchev–Trinajstić information content (AvgIpc) is 2.78. The zero-order valence-corrected chi connectivity index (χ0v) is 10.7. The highest BCUT2D eigenvalue weighted by Gasteiger charge is 2.13. The molecule has 0 saturated heterocycles. The van der Waals surface area contributed by atoms with Crippen molar-refractivity contribution in [2.45, 2.75) is 12.8 Å². The van der Waals surface area contributed by atoms with Gasteiger partial charge < -0.3 is 9.63 Å². The van der Waals surface area contributed by atoms with Gasteiger partial charge in [0.05, 0.1) is 16.2 Å². The van der Waals surface area contributed by atoms with Gasteiger partial charge in [0.2, 0.25) is 0 Å². The van der Waals surface area contributed by atoms with Crippen molar-refractivity contribution in [3.8, 4) is 11.3 Å². The Labute approximate surface area is 113 Å². The molecule has 0 atom stereocenters. The van der Waals surface area contributed by atoms with Gasteiger partial charge in [0.15, 0.2) is 5.76 Å². The van der Waals surface area contributed by atoms with Crippen LogP contribution in [0.25, 0.3) is 11.3 Å². The van der Waals surface area contributed by atoms with Gasteiger partial charge in [0.25, 0.3) is 0 Å². The summed E-state index contributed by atoms with van der Waals surface area (Å²) in [6.07, 6.45) is 1.89. The van der Waals surface area contributed by atoms with Crippen molar-refractivity contribution in [2.75, 3.05) is 0 Å². The molecule has 0 spiro atoms. The number of carbonyl (C=O) groups is 1. The largest absolute Gasteiger partial charge is 0.481 e. The number of aliphatic carboxylic acids is 1. The SMILES string of the molecule is O=C(O)CCc1cnoc1-c1ccc(Cl)c(Cl)c1. The topological polar surface area (TPSA) is 63.3 Å². The lowest BCUT2D eigenvalue weighted by Crippen LogP contribution is -1.97. The van der Waals surface area contributed by atoms with E-state index >= 15 is 0 Å². The fourth-order valence-electron chi connectivity index (χ4n) is 1.56. The molecule has 0 amide bonds. The van der Waals surface area contributed by atoms with Crippen LogP contribution in [0.15, 0.2) is 28.9 Å². The summed E-state index contributed by atoms with van der Waals surface area (Å²) in [5.41, 5.74) is 1.46. The van der Waals surface area contributed by atoms with Crippen LogP contribution in [-0.4, -0.2) is 16.2 Å². The van der Waals surface area contributed by atoms with Gasteiger partial charge in [-0.05, 0) is 24.6 Å². The summed E-state index contributed by atoms with van der Waals surface area (Å²) in [6, 6.07) is 5.07. The van der Waals surface area contributed by atoms with Crippen molar-refractivity contribution in [3.05, 3.63) is 40.0 Å². The first kappa shape index (κ1) is 12.9. The number of nitrogens with zero attached hydrogens (tertiary/aromatic N) is 1. The third kappa shape index (κ3) is 2.83. The number of rotatable bonds is 4. The van der Waals surface area contributed by atoms with Crippen molar-refractivity contribution < 1.29 is 14.4 Å². The number of benzene rings is 1. The minimum Gasteiger partial charge on any atom is -0.481 e. The second-order valence-electron chi connectivity index (χ2n) is 3.70. The Balaban J connectivity index is 2.30. The fraction of sp³-hybridized carbons (Fsp3) is 0.167. The van der Waals surface area contributed by atoms with E-state index in [1.807, 2.05) is 0 Å². The van der Waals surface area contributed by atoms with Crippen molar-refractivity contribution in [1.29, 1.82) is 0 Å². The van der Waals surface area contributed by atoms with Crippen LogP contribution in [0.5, 0.6) is 0 Å². The Morgan fingerprint density at radius 3 is 2.78 bits per heavy atom. The highest BCUT2D eigenvalue weighted by Crippen LogP contribution is 2.30. The standard InChI is InChI=1S/C12H9Cl2NO3/c13-9-3-1-7(5-10(9)14)12-8(6-15-18-12)2-4-11(16)17/h1,3,5-6H,2,4H2,(H,16,17). The molecule has 18 heavy (non-hydrogen) atoms. The summed E-state index contributed by atoms with van der Waals surface area (Å²) in [5, 5.41) is 13.2. The van der Waals surface area contributed by atoms with Gasteiger partial charge in [-0.25, -0.2) is 0 Å². The van der Waals surface area contributed by atoms with Crippen LogP contribution in [0, 0.1) is 0 Å². The van der Waals surface area contributed by atoms with Crippen LogP contribution >= 0.6 is 23.2 Å². The molecule has 0 bridgehead atoms. The van der Waals surface area contributed by atoms with E-state index < -0.39 is 5.97 Å². The highest BCUT2D eigenvalue weighted by atomic mass is 35.5. The van der Waals surface area contributed by atoms with Gasteiger partial charge >= 0.3 is 5.97 Å². The Hall–Kier alpha value is -1.52. The van der Waals surface area contributed by atoms with Gasteiger partial charge in [0.1, 0.15) is 0 Å². The zero-order valence-electron chi connectivity index (χ0n) is 9.19. The molecule has 6 heteroatoms. The summed E-state index contributed by atoms with van der Waals surface area (Å²) in [6.45, 7) is 0. The summed E-state index contributed by atoms with van der Waals surface area (Å²) >= 11 is 11.8. The van der Waals surface area contributed by atoms with Crippen molar-refractivity contribution in [1.82, 2.24) is 5.16 Å². The number of carboxylic acids is 1. The first-order valence-electron chi connectivity index (χ1n) is 5.18. The van der Waals surface area contributed by atoms with Crippen LogP contribution in [0.4, 0.5) is 0 Å². The third-order valence-electron chi connectivity index (χ3n) is 2.43. The lowest BCUT2D eigenvalue weighted by Gasteiger charge is -2.02. The maximum atomic E-state index is 10.6. The molecule has 0 radical (unpaired) electrons. The predicted octanol–water partition coefficient (Wildman–Crippen LogP) is 3.67. The minimum absolute atomic E-state index is 0.0233. The number of hydrogen-bond donors (Lipinski definition) is 1. The van der Waals surface area contributed by atoms with Crippen LogP contribution in [0.3, 0.4) is 0 Å². The van der Waals surface area contributed by atoms with Gasteiger partial charge in [-0.3, -0.25) is 4.79 Å². The van der Waals surface area contributed by atoms with E-state index in [1.54, 1.807) is 18.2 Å². The quantitative estimate of drug-likeness (QED) is 0.931. The molecular formula is C12H9Cl2NO3. The number of aromatic nitrogens is 1. The van der Waals surface area contributed by atoms with Crippen molar-refractivity contribution >= 4 is 29.2 Å². The summed E-state index contributed by atoms with van der Waals surface area (Å²) in [7, 11) is 0. The van der Waals surface area contributed by atoms with E-state index in [4.69, 9.17) is 32.8 Å².